The van der Waals surface area contributed by atoms with Gasteiger partial charge in [-0.3, -0.25) is 13.9 Å². The van der Waals surface area contributed by atoms with E-state index < -0.39 is 42.0 Å². The van der Waals surface area contributed by atoms with Gasteiger partial charge in [-0.05, 0) is 19.8 Å². The van der Waals surface area contributed by atoms with E-state index in [0.29, 0.717) is 12.2 Å². The largest absolute Gasteiger partial charge is 0.480 e. The van der Waals surface area contributed by atoms with Gasteiger partial charge in [-0.25, -0.2) is 9.36 Å². The van der Waals surface area contributed by atoms with Crippen molar-refractivity contribution in [2.45, 2.75) is 51.2 Å². The van der Waals surface area contributed by atoms with Gasteiger partial charge in [0.1, 0.15) is 0 Å². The molecule has 15 heteroatoms. The molecule has 0 aromatic rings. The van der Waals surface area contributed by atoms with Crippen molar-refractivity contribution in [1.82, 2.24) is 5.32 Å². The van der Waals surface area contributed by atoms with E-state index >= 15 is 0 Å². The molecule has 5 N–H and O–H groups in total. The molecule has 166 valence electrons. The molecular formula is C13H26NO10PS3. The number of phosphoric acid groups is 1. The van der Waals surface area contributed by atoms with E-state index in [-0.39, 0.29) is 12.2 Å². The van der Waals surface area contributed by atoms with Gasteiger partial charge >= 0.3 is 13.8 Å². The molecule has 0 rings (SSSR count). The first kappa shape index (κ1) is 27.7. The minimum absolute atomic E-state index is 0.0721. The molecule has 0 aromatic heterocycles. The van der Waals surface area contributed by atoms with Crippen molar-refractivity contribution in [3.63, 3.8) is 0 Å². The lowest BCUT2D eigenvalue weighted by Gasteiger charge is -2.21. The summed E-state index contributed by atoms with van der Waals surface area (Å²) >= 11 is 0. The van der Waals surface area contributed by atoms with Crippen LogP contribution in [0.1, 0.15) is 39.0 Å². The van der Waals surface area contributed by atoms with E-state index in [1.54, 1.807) is 0 Å². The Labute approximate surface area is 171 Å². The number of rotatable bonds is 16. The van der Waals surface area contributed by atoms with Crippen molar-refractivity contribution >= 4 is 51.4 Å². The summed E-state index contributed by atoms with van der Waals surface area (Å²) in [6, 6.07) is -1.57. The lowest BCUT2D eigenvalue weighted by atomic mass is 10.1. The molecule has 0 aliphatic carbocycles. The zero-order valence-corrected chi connectivity index (χ0v) is 18.6. The number of carboxylic acids is 1. The molecule has 0 fully saturated rings. The summed E-state index contributed by atoms with van der Waals surface area (Å²) < 4.78 is 44.7. The minimum atomic E-state index is -4.87. The Kier molecular flexibility index (Phi) is 13.6. The molecule has 2 atom stereocenters. The number of amides is 1. The van der Waals surface area contributed by atoms with Gasteiger partial charge in [0.25, 0.3) is 10.1 Å². The van der Waals surface area contributed by atoms with Gasteiger partial charge in [0, 0.05) is 17.9 Å². The number of phosphoric ester groups is 1. The molecule has 1 amide bonds. The Balaban J connectivity index is 3.90. The fourth-order valence-electron chi connectivity index (χ4n) is 1.96. The van der Waals surface area contributed by atoms with Crippen LogP contribution < -0.4 is 5.32 Å². The molecule has 1 unspecified atom stereocenters. The maximum absolute atomic E-state index is 11.8. The standard InChI is InChI=1S/C13H26NO10PS3/c1-10(24-25(18,19)20)12(13(16)17)14-11(15)6-4-2-3-5-7-26-27-8-9-28(21,22)23/h10,12H,2-9H2,1H3,(H,14,15)(H,16,17)(H2,18,19,20)(H,21,22,23)/t10?,12-/m0/s1. The maximum atomic E-state index is 11.8. The number of carbonyl (C=O) groups is 2. The highest BCUT2D eigenvalue weighted by molar-refractivity contribution is 8.76. The first-order valence-electron chi connectivity index (χ1n) is 8.27. The van der Waals surface area contributed by atoms with E-state index in [1.165, 1.54) is 21.6 Å². The number of aliphatic carboxylic acids is 1. The Morgan fingerprint density at radius 1 is 1.11 bits per heavy atom. The second-order valence-electron chi connectivity index (χ2n) is 5.78. The van der Waals surface area contributed by atoms with Crippen molar-refractivity contribution in [2.24, 2.45) is 0 Å². The van der Waals surface area contributed by atoms with Crippen molar-refractivity contribution in [1.29, 1.82) is 0 Å². The highest BCUT2D eigenvalue weighted by atomic mass is 33.1. The third kappa shape index (κ3) is 16.6. The summed E-state index contributed by atoms with van der Waals surface area (Å²) in [6.45, 7) is 1.14. The van der Waals surface area contributed by atoms with E-state index in [1.807, 2.05) is 0 Å². The predicted octanol–water partition coefficient (Wildman–Crippen LogP) is 1.27. The Bertz CT molecular complexity index is 638. The average Bonchev–Trinajstić information content (AvgIpc) is 2.51. The summed E-state index contributed by atoms with van der Waals surface area (Å²) in [5.74, 6) is -1.20. The van der Waals surface area contributed by atoms with Crippen LogP contribution in [-0.2, 0) is 28.8 Å². The minimum Gasteiger partial charge on any atom is -0.480 e. The fourth-order valence-corrected chi connectivity index (χ4v) is 5.86. The van der Waals surface area contributed by atoms with E-state index in [0.717, 1.165) is 31.9 Å². The van der Waals surface area contributed by atoms with Crippen LogP contribution in [-0.4, -0.2) is 69.1 Å². The van der Waals surface area contributed by atoms with Crippen LogP contribution in [0.4, 0.5) is 0 Å². The van der Waals surface area contributed by atoms with Crippen molar-refractivity contribution in [2.75, 3.05) is 17.3 Å². The first-order valence-corrected chi connectivity index (χ1v) is 13.9. The topological polar surface area (TPSA) is 188 Å². The molecule has 0 saturated heterocycles. The van der Waals surface area contributed by atoms with Crippen LogP contribution in [0, 0.1) is 0 Å². The Morgan fingerprint density at radius 3 is 2.21 bits per heavy atom. The van der Waals surface area contributed by atoms with Crippen LogP contribution in [0.3, 0.4) is 0 Å². The van der Waals surface area contributed by atoms with E-state index in [2.05, 4.69) is 9.84 Å². The molecule has 11 nitrogen and oxygen atoms in total. The third-order valence-corrected chi connectivity index (χ3v) is 7.32. The SMILES string of the molecule is CC(OP(=O)(O)O)[C@H](NC(=O)CCCCCCSSCCS(=O)(=O)O)C(=O)O. The summed E-state index contributed by atoms with van der Waals surface area (Å²) in [5.41, 5.74) is 0. The predicted molar refractivity (Wildman–Crippen MR) is 107 cm³/mol. The molecule has 0 aliphatic heterocycles. The number of nitrogens with one attached hydrogen (secondary N) is 1. The van der Waals surface area contributed by atoms with Gasteiger partial charge in [0.05, 0.1) is 11.9 Å². The van der Waals surface area contributed by atoms with Crippen LogP contribution in [0.2, 0.25) is 0 Å². The molecule has 0 radical (unpaired) electrons. The Hall–Kier alpha value is -0.340. The van der Waals surface area contributed by atoms with Gasteiger partial charge in [-0.15, -0.1) is 0 Å². The zero-order chi connectivity index (χ0) is 21.8. The summed E-state index contributed by atoms with van der Waals surface area (Å²) in [5, 5.41) is 11.3. The molecule has 0 heterocycles. The molecule has 0 aliphatic rings. The van der Waals surface area contributed by atoms with E-state index in [4.69, 9.17) is 19.4 Å². The molecular weight excluding hydrogens is 457 g/mol. The van der Waals surface area contributed by atoms with Crippen LogP contribution in [0.15, 0.2) is 0 Å². The second-order valence-corrected chi connectivity index (χ2v) is 11.2. The lowest BCUT2D eigenvalue weighted by Crippen LogP contribution is -2.48. The lowest BCUT2D eigenvalue weighted by molar-refractivity contribution is -0.144. The summed E-state index contributed by atoms with van der Waals surface area (Å²) in [4.78, 5) is 40.4. The maximum Gasteiger partial charge on any atom is 0.469 e. The van der Waals surface area contributed by atoms with Gasteiger partial charge in [-0.2, -0.15) is 8.42 Å². The van der Waals surface area contributed by atoms with Crippen LogP contribution >= 0.6 is 29.4 Å². The number of carbonyl (C=O) groups excluding carboxylic acids is 1. The Morgan fingerprint density at radius 2 is 1.68 bits per heavy atom. The highest BCUT2D eigenvalue weighted by Gasteiger charge is 2.32. The normalized spacial score (nSPS) is 14.4. The fraction of sp³-hybridized carbons (Fsp3) is 0.846. The zero-order valence-electron chi connectivity index (χ0n) is 15.2. The third-order valence-electron chi connectivity index (χ3n) is 3.25. The second kappa shape index (κ2) is 13.8. The van der Waals surface area contributed by atoms with Crippen LogP contribution in [0.25, 0.3) is 0 Å². The van der Waals surface area contributed by atoms with Gasteiger partial charge in [0.2, 0.25) is 5.91 Å². The summed E-state index contributed by atoms with van der Waals surface area (Å²) in [6.07, 6.45) is 1.61. The van der Waals surface area contributed by atoms with Crippen molar-refractivity contribution in [3.05, 3.63) is 0 Å². The molecule has 0 saturated carbocycles. The van der Waals surface area contributed by atoms with Gasteiger partial charge in [-0.1, -0.05) is 34.4 Å². The summed E-state index contributed by atoms with van der Waals surface area (Å²) in [7, 11) is -5.94. The smallest absolute Gasteiger partial charge is 0.469 e. The number of hydrogen-bond donors (Lipinski definition) is 5. The van der Waals surface area contributed by atoms with Gasteiger partial charge < -0.3 is 20.2 Å². The average molecular weight is 484 g/mol. The molecule has 0 spiro atoms. The molecule has 28 heavy (non-hydrogen) atoms. The van der Waals surface area contributed by atoms with Gasteiger partial charge in [0.15, 0.2) is 6.04 Å². The first-order chi connectivity index (χ1) is 12.8. The highest BCUT2D eigenvalue weighted by Crippen LogP contribution is 2.38. The van der Waals surface area contributed by atoms with Crippen molar-refractivity contribution < 1.29 is 46.5 Å². The molecule has 0 bridgehead atoms. The van der Waals surface area contributed by atoms with Crippen LogP contribution in [0.5, 0.6) is 0 Å². The number of carboxylic acid groups (broad SMARTS) is 1. The number of hydrogen-bond acceptors (Lipinski definition) is 8. The van der Waals surface area contributed by atoms with E-state index in [9.17, 15) is 22.6 Å². The molecule has 0 aromatic carbocycles. The quantitative estimate of drug-likeness (QED) is 0.0917. The van der Waals surface area contributed by atoms with Crippen molar-refractivity contribution in [3.8, 4) is 0 Å². The monoisotopic (exact) mass is 483 g/mol. The number of unbranched alkanes of at least 4 members (excludes halogenated alkanes) is 3.